The lowest BCUT2D eigenvalue weighted by Crippen LogP contribution is -2.14. The number of rotatable bonds is 6. The summed E-state index contributed by atoms with van der Waals surface area (Å²) in [5.74, 6) is -0.182. The van der Waals surface area contributed by atoms with Crippen molar-refractivity contribution in [1.29, 1.82) is 0 Å². The summed E-state index contributed by atoms with van der Waals surface area (Å²) in [5.41, 5.74) is 2.98. The predicted octanol–water partition coefficient (Wildman–Crippen LogP) is 4.29. The third-order valence-electron chi connectivity index (χ3n) is 4.84. The molecular formula is C22H20N6O4. The molecule has 0 radical (unpaired) electrons. The van der Waals surface area contributed by atoms with Crippen LogP contribution in [0, 0.1) is 13.8 Å². The third kappa shape index (κ3) is 3.81. The standard InChI is InChI=1S/C22H20N6O4/c1-12-10-18(25-23-12)28-21(29)19(13(2)27-28)26-24-17-9-5-8-16(20(17)32-3)14-6-4-7-15(11-14)22(30)31/h4-11,27H,1-3H3,(H,23,25)(H,30,31). The molecule has 10 nitrogen and oxygen atoms in total. The Hall–Kier alpha value is -4.47. The first-order chi connectivity index (χ1) is 15.4. The molecule has 0 unspecified atom stereocenters. The number of carboxylic acid groups (broad SMARTS) is 1. The Balaban J connectivity index is 1.74. The number of aryl methyl sites for hydroxylation is 2. The van der Waals surface area contributed by atoms with Crippen LogP contribution in [-0.2, 0) is 0 Å². The Morgan fingerprint density at radius 3 is 2.59 bits per heavy atom. The highest BCUT2D eigenvalue weighted by Crippen LogP contribution is 2.39. The van der Waals surface area contributed by atoms with E-state index in [-0.39, 0.29) is 16.8 Å². The number of carbonyl (C=O) groups is 1. The molecule has 0 atom stereocenters. The van der Waals surface area contributed by atoms with Crippen molar-refractivity contribution in [1.82, 2.24) is 20.0 Å². The van der Waals surface area contributed by atoms with Gasteiger partial charge in [0.2, 0.25) is 0 Å². The van der Waals surface area contributed by atoms with E-state index in [1.165, 1.54) is 17.9 Å². The highest BCUT2D eigenvalue weighted by molar-refractivity contribution is 5.90. The van der Waals surface area contributed by atoms with Crippen molar-refractivity contribution >= 4 is 17.3 Å². The lowest BCUT2D eigenvalue weighted by molar-refractivity contribution is 0.0697. The molecule has 162 valence electrons. The Kier molecular flexibility index (Phi) is 5.42. The number of hydrogen-bond donors (Lipinski definition) is 3. The molecule has 0 bridgehead atoms. The van der Waals surface area contributed by atoms with Crippen molar-refractivity contribution < 1.29 is 14.6 Å². The third-order valence-corrected chi connectivity index (χ3v) is 4.84. The first-order valence-electron chi connectivity index (χ1n) is 9.65. The van der Waals surface area contributed by atoms with Crippen molar-refractivity contribution in [3.8, 4) is 22.7 Å². The predicted molar refractivity (Wildman–Crippen MR) is 118 cm³/mol. The van der Waals surface area contributed by atoms with Crippen LogP contribution in [0.1, 0.15) is 21.7 Å². The number of aromatic amines is 2. The summed E-state index contributed by atoms with van der Waals surface area (Å²) in [6, 6.07) is 13.5. The van der Waals surface area contributed by atoms with Gasteiger partial charge in [-0.05, 0) is 37.6 Å². The number of aromatic nitrogens is 4. The summed E-state index contributed by atoms with van der Waals surface area (Å²) in [4.78, 5) is 24.1. The van der Waals surface area contributed by atoms with Gasteiger partial charge in [0.1, 0.15) is 5.69 Å². The van der Waals surface area contributed by atoms with E-state index in [4.69, 9.17) is 4.74 Å². The Morgan fingerprint density at radius 2 is 1.91 bits per heavy atom. The minimum atomic E-state index is -1.02. The number of benzene rings is 2. The number of carboxylic acids is 1. The smallest absolute Gasteiger partial charge is 0.335 e. The lowest BCUT2D eigenvalue weighted by Gasteiger charge is -2.11. The van der Waals surface area contributed by atoms with E-state index in [2.05, 4.69) is 25.5 Å². The number of H-pyrrole nitrogens is 2. The van der Waals surface area contributed by atoms with E-state index in [0.717, 1.165) is 5.69 Å². The minimum Gasteiger partial charge on any atom is -0.494 e. The molecule has 0 fully saturated rings. The van der Waals surface area contributed by atoms with Crippen LogP contribution < -0.4 is 10.3 Å². The fourth-order valence-electron chi connectivity index (χ4n) is 3.30. The maximum atomic E-state index is 12.8. The van der Waals surface area contributed by atoms with Gasteiger partial charge < -0.3 is 9.84 Å². The summed E-state index contributed by atoms with van der Waals surface area (Å²) in [6.07, 6.45) is 0. The van der Waals surface area contributed by atoms with Gasteiger partial charge in [0.25, 0.3) is 0 Å². The summed E-state index contributed by atoms with van der Waals surface area (Å²) in [6.45, 7) is 3.56. The van der Waals surface area contributed by atoms with Gasteiger partial charge in [-0.2, -0.15) is 9.78 Å². The van der Waals surface area contributed by atoms with Gasteiger partial charge in [0.05, 0.1) is 18.4 Å². The molecule has 2 aromatic heterocycles. The average molecular weight is 432 g/mol. The number of methoxy groups -OCH3 is 1. The van der Waals surface area contributed by atoms with Crippen LogP contribution in [-0.4, -0.2) is 38.2 Å². The van der Waals surface area contributed by atoms with Crippen molar-refractivity contribution in [2.45, 2.75) is 13.8 Å². The van der Waals surface area contributed by atoms with Crippen molar-refractivity contribution in [3.63, 3.8) is 0 Å². The van der Waals surface area contributed by atoms with Crippen LogP contribution >= 0.6 is 0 Å². The highest BCUT2D eigenvalue weighted by Gasteiger charge is 2.16. The maximum absolute atomic E-state index is 12.8. The Morgan fingerprint density at radius 1 is 1.12 bits per heavy atom. The molecule has 0 spiro atoms. The van der Waals surface area contributed by atoms with Crippen LogP contribution in [0.2, 0.25) is 0 Å². The lowest BCUT2D eigenvalue weighted by atomic mass is 10.0. The molecule has 3 N–H and O–H groups in total. The van der Waals surface area contributed by atoms with E-state index in [1.54, 1.807) is 49.4 Å². The van der Waals surface area contributed by atoms with Crippen LogP contribution in [0.4, 0.5) is 11.4 Å². The van der Waals surface area contributed by atoms with Crippen LogP contribution in [0.15, 0.2) is 63.6 Å². The molecule has 32 heavy (non-hydrogen) atoms. The van der Waals surface area contributed by atoms with Gasteiger partial charge in [-0.1, -0.05) is 24.3 Å². The fourth-order valence-corrected chi connectivity index (χ4v) is 3.30. The van der Waals surface area contributed by atoms with Gasteiger partial charge in [-0.3, -0.25) is 15.0 Å². The van der Waals surface area contributed by atoms with Crippen molar-refractivity contribution in [2.75, 3.05) is 7.11 Å². The molecule has 0 amide bonds. The first kappa shape index (κ1) is 20.8. The fraction of sp³-hybridized carbons (Fsp3) is 0.136. The van der Waals surface area contributed by atoms with Gasteiger partial charge in [0, 0.05) is 17.3 Å². The topological polar surface area (TPSA) is 138 Å². The monoisotopic (exact) mass is 432 g/mol. The Bertz CT molecular complexity index is 1400. The van der Waals surface area contributed by atoms with Crippen LogP contribution in [0.5, 0.6) is 5.75 Å². The molecule has 0 saturated heterocycles. The number of ether oxygens (including phenoxy) is 1. The summed E-state index contributed by atoms with van der Waals surface area (Å²) >= 11 is 0. The number of hydrogen-bond acceptors (Lipinski definition) is 6. The van der Waals surface area contributed by atoms with E-state index < -0.39 is 5.97 Å². The maximum Gasteiger partial charge on any atom is 0.335 e. The number of nitrogens with zero attached hydrogens (tertiary/aromatic N) is 4. The molecule has 4 rings (SSSR count). The normalized spacial score (nSPS) is 11.2. The molecule has 4 aromatic rings. The molecule has 2 aromatic carbocycles. The largest absolute Gasteiger partial charge is 0.494 e. The average Bonchev–Trinajstić information content (AvgIpc) is 3.34. The molecule has 2 heterocycles. The van der Waals surface area contributed by atoms with Gasteiger partial charge in [-0.25, -0.2) is 4.79 Å². The number of nitrogens with one attached hydrogen (secondary N) is 2. The molecule has 0 aliphatic heterocycles. The van der Waals surface area contributed by atoms with Gasteiger partial charge in [0.15, 0.2) is 17.3 Å². The number of para-hydroxylation sites is 1. The second kappa shape index (κ2) is 8.34. The summed E-state index contributed by atoms with van der Waals surface area (Å²) in [7, 11) is 1.49. The molecule has 0 aliphatic rings. The van der Waals surface area contributed by atoms with Crippen molar-refractivity contribution in [2.24, 2.45) is 10.2 Å². The zero-order chi connectivity index (χ0) is 22.8. The molecular weight excluding hydrogens is 412 g/mol. The van der Waals surface area contributed by atoms with E-state index in [1.807, 2.05) is 6.92 Å². The second-order valence-corrected chi connectivity index (χ2v) is 7.08. The zero-order valence-corrected chi connectivity index (χ0v) is 17.6. The van der Waals surface area contributed by atoms with E-state index >= 15 is 0 Å². The zero-order valence-electron chi connectivity index (χ0n) is 17.6. The number of aromatic carboxylic acids is 1. The van der Waals surface area contributed by atoms with Crippen LogP contribution in [0.25, 0.3) is 16.9 Å². The molecule has 10 heteroatoms. The first-order valence-corrected chi connectivity index (χ1v) is 9.65. The Labute approximate surface area is 182 Å². The van der Waals surface area contributed by atoms with Gasteiger partial charge >= 0.3 is 11.5 Å². The van der Waals surface area contributed by atoms with Gasteiger partial charge in [-0.15, -0.1) is 10.2 Å². The molecule has 0 saturated carbocycles. The van der Waals surface area contributed by atoms with Crippen molar-refractivity contribution in [3.05, 3.63) is 75.8 Å². The van der Waals surface area contributed by atoms with Crippen LogP contribution in [0.3, 0.4) is 0 Å². The van der Waals surface area contributed by atoms with E-state index in [0.29, 0.717) is 34.1 Å². The highest BCUT2D eigenvalue weighted by atomic mass is 16.5. The minimum absolute atomic E-state index is 0.144. The second-order valence-electron chi connectivity index (χ2n) is 7.08. The van der Waals surface area contributed by atoms with E-state index in [9.17, 15) is 14.7 Å². The SMILES string of the molecule is COc1c(N=Nc2c(C)[nH]n(-c3cc(C)[nH]n3)c2=O)cccc1-c1cccc(C(=O)O)c1. The summed E-state index contributed by atoms with van der Waals surface area (Å²) < 4.78 is 6.84. The number of azo groups is 1. The quantitative estimate of drug-likeness (QED) is 0.390. The summed E-state index contributed by atoms with van der Waals surface area (Å²) in [5, 5.41) is 27.5. The molecule has 0 aliphatic carbocycles.